The fourth-order valence-electron chi connectivity index (χ4n) is 10.0. The maximum Gasteiger partial charge on any atom is 0.407 e. The van der Waals surface area contributed by atoms with Crippen LogP contribution in [-0.4, -0.2) is 106 Å². The maximum absolute atomic E-state index is 14.2. The first-order valence-corrected chi connectivity index (χ1v) is 21.2. The Hall–Kier alpha value is -6.22. The van der Waals surface area contributed by atoms with Gasteiger partial charge in [0.15, 0.2) is 0 Å². The van der Waals surface area contributed by atoms with Crippen molar-refractivity contribution in [1.29, 1.82) is 0 Å². The number of piperidine rings is 1. The monoisotopic (exact) mass is 828 g/mol. The van der Waals surface area contributed by atoms with Gasteiger partial charge in [0.2, 0.25) is 11.8 Å². The van der Waals surface area contributed by atoms with Crippen LogP contribution in [0.5, 0.6) is 0 Å². The molecule has 3 aliphatic rings. The van der Waals surface area contributed by atoms with Crippen molar-refractivity contribution in [3.63, 3.8) is 0 Å². The van der Waals surface area contributed by atoms with Crippen LogP contribution in [0.4, 0.5) is 9.59 Å². The van der Waals surface area contributed by atoms with Gasteiger partial charge in [0.05, 0.1) is 54.5 Å². The Morgan fingerprint density at radius 1 is 0.721 bits per heavy atom. The average molecular weight is 829 g/mol. The lowest BCUT2D eigenvalue weighted by Gasteiger charge is -2.37. The van der Waals surface area contributed by atoms with E-state index in [0.29, 0.717) is 6.54 Å². The standard InChI is InChI=1S/C46H52N8O7/c1-23(2)36(51-45(57)60-5)43(55)53-19-7-8-35(53)41-47-33-17-12-27-20-25(10-15-31(27)38(33)49-41)26-11-16-32-28(21-26)13-18-34-39(32)50-42(48-34)40-29-9-14-30(22-29)54(40)44(56)37(24(3)59-4)52-46(58)61-6/h10-13,15-18,20-21,23-24,29-30,35-37,40H,7-9,14,19,22H2,1-6H3,(H,47,49)(H,48,50)(H,51,57)(H,52,58)/t24-,29+,30-,35+,36+,37+,40+/m1/s1. The van der Waals surface area contributed by atoms with Gasteiger partial charge in [-0.3, -0.25) is 9.59 Å². The van der Waals surface area contributed by atoms with E-state index in [1.165, 1.54) is 21.3 Å². The molecule has 0 unspecified atom stereocenters. The smallest absolute Gasteiger partial charge is 0.407 e. The van der Waals surface area contributed by atoms with Crippen LogP contribution in [0.25, 0.3) is 54.7 Å². The van der Waals surface area contributed by atoms with Crippen LogP contribution in [0.1, 0.15) is 76.6 Å². The largest absolute Gasteiger partial charge is 0.453 e. The molecule has 15 nitrogen and oxygen atoms in total. The second-order valence-corrected chi connectivity index (χ2v) is 17.1. The SMILES string of the molecule is COC(=O)N[C@H](C(=O)N1CCC[C@H]1c1nc2ccc3cc(-c4ccc5c(ccc6nc([C@@H]7[C@H]8CC[C@H](C8)N7C(=O)[C@@H](NC(=O)OC)[C@@H](C)OC)[nH]c65)c4)ccc3c2[nH]1)C(C)C. The molecular formula is C46H52N8O7. The van der Waals surface area contributed by atoms with Crippen LogP contribution in [0.3, 0.4) is 0 Å². The molecule has 2 bridgehead atoms. The van der Waals surface area contributed by atoms with Crippen LogP contribution >= 0.6 is 0 Å². The number of hydrogen-bond acceptors (Lipinski definition) is 9. The highest BCUT2D eigenvalue weighted by Crippen LogP contribution is 2.50. The van der Waals surface area contributed by atoms with Crippen LogP contribution in [-0.2, 0) is 23.8 Å². The second kappa shape index (κ2) is 16.0. The summed E-state index contributed by atoms with van der Waals surface area (Å²) < 4.78 is 15.2. The summed E-state index contributed by atoms with van der Waals surface area (Å²) in [6, 6.07) is 19.1. The van der Waals surface area contributed by atoms with E-state index >= 15 is 0 Å². The first-order valence-electron chi connectivity index (χ1n) is 21.2. The van der Waals surface area contributed by atoms with Crippen LogP contribution in [0, 0.1) is 11.8 Å². The molecule has 6 aromatic rings. The molecule has 0 spiro atoms. The zero-order valence-corrected chi connectivity index (χ0v) is 35.3. The molecule has 2 aliphatic heterocycles. The number of nitrogens with one attached hydrogen (secondary N) is 4. The summed E-state index contributed by atoms with van der Waals surface area (Å²) in [6.45, 7) is 6.17. The van der Waals surface area contributed by atoms with Crippen LogP contribution in [0.2, 0.25) is 0 Å². The van der Waals surface area contributed by atoms with E-state index in [9.17, 15) is 19.2 Å². The molecule has 4 N–H and O–H groups in total. The van der Waals surface area contributed by atoms with Crippen molar-refractivity contribution in [2.75, 3.05) is 27.9 Å². The number of aromatic nitrogens is 4. The van der Waals surface area contributed by atoms with Gasteiger partial charge in [0.25, 0.3) is 0 Å². The lowest BCUT2D eigenvalue weighted by atomic mass is 9.97. The molecule has 7 atom stereocenters. The van der Waals surface area contributed by atoms with Gasteiger partial charge >= 0.3 is 12.2 Å². The van der Waals surface area contributed by atoms with Crippen LogP contribution in [0.15, 0.2) is 60.7 Å². The summed E-state index contributed by atoms with van der Waals surface area (Å²) in [6.07, 6.45) is 2.55. The number of hydrogen-bond donors (Lipinski definition) is 4. The van der Waals surface area contributed by atoms with Crippen molar-refractivity contribution in [2.24, 2.45) is 11.8 Å². The number of methoxy groups -OCH3 is 3. The molecule has 9 rings (SSSR count). The molecule has 3 fully saturated rings. The number of nitrogens with zero attached hydrogens (tertiary/aromatic N) is 4. The first kappa shape index (κ1) is 40.2. The van der Waals surface area contributed by atoms with Crippen molar-refractivity contribution in [3.05, 3.63) is 72.3 Å². The maximum atomic E-state index is 14.2. The highest BCUT2D eigenvalue weighted by molar-refractivity contribution is 6.07. The van der Waals surface area contributed by atoms with Crippen LogP contribution < -0.4 is 10.6 Å². The molecule has 1 saturated carbocycles. The minimum absolute atomic E-state index is 0.0589. The second-order valence-electron chi connectivity index (χ2n) is 17.1. The van der Waals surface area contributed by atoms with Crippen molar-refractivity contribution >= 4 is 67.6 Å². The predicted octanol–water partition coefficient (Wildman–Crippen LogP) is 7.27. The molecule has 15 heteroatoms. The Kier molecular flexibility index (Phi) is 10.5. The molecule has 2 aromatic heterocycles. The van der Waals surface area contributed by atoms with E-state index in [0.717, 1.165) is 98.5 Å². The molecule has 61 heavy (non-hydrogen) atoms. The fraction of sp³-hybridized carbons (Fsp3) is 0.435. The van der Waals surface area contributed by atoms with Crippen molar-refractivity contribution in [2.45, 2.75) is 89.2 Å². The molecular weight excluding hydrogens is 777 g/mol. The summed E-state index contributed by atoms with van der Waals surface area (Å²) in [5.74, 6) is 1.29. The average Bonchev–Trinajstić information content (AvgIpc) is 4.13. The third-order valence-corrected chi connectivity index (χ3v) is 13.2. The van der Waals surface area contributed by atoms with Gasteiger partial charge in [-0.2, -0.15) is 0 Å². The molecule has 2 saturated heterocycles. The van der Waals surface area contributed by atoms with Gasteiger partial charge in [0.1, 0.15) is 23.7 Å². The van der Waals surface area contributed by atoms with Gasteiger partial charge in [-0.25, -0.2) is 19.6 Å². The topological polar surface area (TPSA) is 184 Å². The van der Waals surface area contributed by atoms with Gasteiger partial charge in [-0.05, 0) is 97.0 Å². The highest BCUT2D eigenvalue weighted by atomic mass is 16.5. The number of amides is 4. The number of aromatic amines is 2. The van der Waals surface area contributed by atoms with E-state index in [-0.39, 0.29) is 41.8 Å². The number of carbonyl (C=O) groups is 4. The van der Waals surface area contributed by atoms with E-state index in [1.54, 1.807) is 6.92 Å². The van der Waals surface area contributed by atoms with E-state index < -0.39 is 30.4 Å². The number of likely N-dealkylation sites (tertiary alicyclic amines) is 2. The summed E-state index contributed by atoms with van der Waals surface area (Å²) >= 11 is 0. The number of alkyl carbamates (subject to hydrolysis) is 2. The number of imidazole rings is 2. The summed E-state index contributed by atoms with van der Waals surface area (Å²) in [5.41, 5.74) is 5.64. The Balaban J connectivity index is 0.986. The highest BCUT2D eigenvalue weighted by Gasteiger charge is 2.52. The number of H-pyrrole nitrogens is 2. The van der Waals surface area contributed by atoms with Gasteiger partial charge in [0, 0.05) is 30.5 Å². The molecule has 4 aromatic carbocycles. The van der Waals surface area contributed by atoms with Crippen molar-refractivity contribution < 1.29 is 33.4 Å². The summed E-state index contributed by atoms with van der Waals surface area (Å²) in [7, 11) is 4.10. The molecule has 318 valence electrons. The Labute approximate surface area is 352 Å². The normalized spacial score (nSPS) is 21.4. The van der Waals surface area contributed by atoms with E-state index in [4.69, 9.17) is 24.2 Å². The number of rotatable bonds is 10. The zero-order valence-electron chi connectivity index (χ0n) is 35.3. The van der Waals surface area contributed by atoms with E-state index in [1.807, 2.05) is 35.8 Å². The lowest BCUT2D eigenvalue weighted by molar-refractivity contribution is -0.141. The molecule has 4 amide bonds. The fourth-order valence-corrected chi connectivity index (χ4v) is 10.0. The Bertz CT molecular complexity index is 2690. The van der Waals surface area contributed by atoms with Crippen molar-refractivity contribution in [1.82, 2.24) is 40.4 Å². The number of fused-ring (bicyclic) bond motifs is 8. The number of benzene rings is 4. The summed E-state index contributed by atoms with van der Waals surface area (Å²) in [5, 5.41) is 9.61. The Morgan fingerprint density at radius 2 is 1.31 bits per heavy atom. The quantitative estimate of drug-likeness (QED) is 0.110. The summed E-state index contributed by atoms with van der Waals surface area (Å²) in [4.78, 5) is 73.2. The zero-order chi connectivity index (χ0) is 42.7. The lowest BCUT2D eigenvalue weighted by Crippen LogP contribution is -2.56. The predicted molar refractivity (Wildman–Crippen MR) is 231 cm³/mol. The van der Waals surface area contributed by atoms with Gasteiger partial charge in [-0.15, -0.1) is 0 Å². The van der Waals surface area contributed by atoms with Gasteiger partial charge in [-0.1, -0.05) is 50.2 Å². The molecule has 4 heterocycles. The minimum atomic E-state index is -0.900. The minimum Gasteiger partial charge on any atom is -0.453 e. The Morgan fingerprint density at radius 3 is 1.90 bits per heavy atom. The molecule has 0 radical (unpaired) electrons. The van der Waals surface area contributed by atoms with Crippen molar-refractivity contribution in [3.8, 4) is 11.1 Å². The van der Waals surface area contributed by atoms with E-state index in [2.05, 4.69) is 69.1 Å². The number of carbonyl (C=O) groups excluding carboxylic acids is 4. The number of ether oxygens (including phenoxy) is 3. The third kappa shape index (κ3) is 7.07. The molecule has 1 aliphatic carbocycles. The third-order valence-electron chi connectivity index (χ3n) is 13.2. The van der Waals surface area contributed by atoms with Gasteiger partial charge < -0.3 is 44.6 Å². The first-order chi connectivity index (χ1) is 29.5.